The molecule has 4 aromatic rings. The standard InChI is InChI=1S/C29H27ClFN3O2S/c1-19-8-11-26(37-19)29(36)34(14-4-13-33-12-3-7-27(33)35)18-22-15-20-9-10-24(31)17-25(20)32-28(22)21-5-2-6-23(30)16-21/h2,5-6,8-11,15-17H,3-4,7,12-14,18H2,1H3. The normalized spacial score (nSPS) is 13.5. The smallest absolute Gasteiger partial charge is 0.264 e. The maximum atomic E-state index is 14.0. The third kappa shape index (κ3) is 5.84. The molecule has 0 radical (unpaired) electrons. The van der Waals surface area contributed by atoms with Gasteiger partial charge in [-0.1, -0.05) is 23.7 Å². The van der Waals surface area contributed by atoms with Gasteiger partial charge in [0.25, 0.3) is 5.91 Å². The van der Waals surface area contributed by atoms with E-state index in [1.54, 1.807) is 12.1 Å². The Hall–Kier alpha value is -3.29. The summed E-state index contributed by atoms with van der Waals surface area (Å²) in [6.07, 6.45) is 2.17. The van der Waals surface area contributed by atoms with E-state index in [4.69, 9.17) is 16.6 Å². The van der Waals surface area contributed by atoms with Crippen LogP contribution < -0.4 is 0 Å². The molecule has 1 aliphatic rings. The Balaban J connectivity index is 1.50. The first-order valence-electron chi connectivity index (χ1n) is 12.4. The summed E-state index contributed by atoms with van der Waals surface area (Å²) in [6, 6.07) is 17.7. The van der Waals surface area contributed by atoms with Crippen molar-refractivity contribution in [1.82, 2.24) is 14.8 Å². The van der Waals surface area contributed by atoms with Crippen molar-refractivity contribution in [3.8, 4) is 11.3 Å². The zero-order valence-electron chi connectivity index (χ0n) is 20.5. The maximum absolute atomic E-state index is 14.0. The van der Waals surface area contributed by atoms with E-state index < -0.39 is 0 Å². The van der Waals surface area contributed by atoms with Crippen LogP contribution in [0.5, 0.6) is 0 Å². The maximum Gasteiger partial charge on any atom is 0.264 e. The van der Waals surface area contributed by atoms with Crippen molar-refractivity contribution in [2.45, 2.75) is 32.7 Å². The molecule has 2 amide bonds. The Morgan fingerprint density at radius 1 is 1.16 bits per heavy atom. The summed E-state index contributed by atoms with van der Waals surface area (Å²) in [4.78, 5) is 36.0. The van der Waals surface area contributed by atoms with Gasteiger partial charge in [-0.25, -0.2) is 9.37 Å². The van der Waals surface area contributed by atoms with E-state index in [0.717, 1.165) is 34.4 Å². The Morgan fingerprint density at radius 2 is 2.03 bits per heavy atom. The first-order valence-corrected chi connectivity index (χ1v) is 13.6. The predicted octanol–water partition coefficient (Wildman–Crippen LogP) is 6.72. The minimum absolute atomic E-state index is 0.0536. The number of carbonyl (C=O) groups is 2. The van der Waals surface area contributed by atoms with E-state index >= 15 is 0 Å². The molecule has 0 bridgehead atoms. The van der Waals surface area contributed by atoms with Gasteiger partial charge in [0, 0.05) is 59.5 Å². The molecule has 190 valence electrons. The minimum atomic E-state index is -0.355. The number of benzene rings is 2. The van der Waals surface area contributed by atoms with Crippen molar-refractivity contribution in [2.75, 3.05) is 19.6 Å². The van der Waals surface area contributed by atoms with Gasteiger partial charge in [-0.05, 0) is 67.8 Å². The van der Waals surface area contributed by atoms with Crippen LogP contribution in [-0.4, -0.2) is 46.2 Å². The van der Waals surface area contributed by atoms with Crippen LogP contribution in [0.2, 0.25) is 5.02 Å². The number of fused-ring (bicyclic) bond motifs is 1. The van der Waals surface area contributed by atoms with Crippen molar-refractivity contribution in [1.29, 1.82) is 0 Å². The summed E-state index contributed by atoms with van der Waals surface area (Å²) in [5.41, 5.74) is 2.85. The van der Waals surface area contributed by atoms with Crippen LogP contribution in [0.15, 0.2) is 60.7 Å². The number of likely N-dealkylation sites (tertiary alicyclic amines) is 1. The summed E-state index contributed by atoms with van der Waals surface area (Å²) in [5.74, 6) is -0.228. The lowest BCUT2D eigenvalue weighted by molar-refractivity contribution is -0.127. The molecule has 0 N–H and O–H groups in total. The van der Waals surface area contributed by atoms with Crippen LogP contribution in [0.25, 0.3) is 22.2 Å². The summed E-state index contributed by atoms with van der Waals surface area (Å²) in [6.45, 7) is 4.21. The van der Waals surface area contributed by atoms with Gasteiger partial charge in [0.2, 0.25) is 5.91 Å². The van der Waals surface area contributed by atoms with E-state index in [0.29, 0.717) is 53.6 Å². The molecule has 5 nitrogen and oxygen atoms in total. The van der Waals surface area contributed by atoms with Crippen molar-refractivity contribution in [3.63, 3.8) is 0 Å². The number of hydrogen-bond donors (Lipinski definition) is 0. The second kappa shape index (κ2) is 11.0. The van der Waals surface area contributed by atoms with E-state index in [9.17, 15) is 14.0 Å². The van der Waals surface area contributed by atoms with Crippen LogP contribution in [0.4, 0.5) is 4.39 Å². The van der Waals surface area contributed by atoms with E-state index in [1.807, 2.05) is 53.1 Å². The first kappa shape index (κ1) is 25.4. The number of nitrogens with zero attached hydrogens (tertiary/aromatic N) is 3. The number of carbonyl (C=O) groups excluding carboxylic acids is 2. The number of halogens is 2. The molecule has 8 heteroatoms. The van der Waals surface area contributed by atoms with Gasteiger partial charge in [0.05, 0.1) is 16.1 Å². The molecular weight excluding hydrogens is 509 g/mol. The quantitative estimate of drug-likeness (QED) is 0.252. The summed E-state index contributed by atoms with van der Waals surface area (Å²) >= 11 is 7.76. The average molecular weight is 536 g/mol. The average Bonchev–Trinajstić information content (AvgIpc) is 3.50. The fourth-order valence-electron chi connectivity index (χ4n) is 4.75. The molecule has 2 aromatic carbocycles. The molecule has 0 unspecified atom stereocenters. The molecule has 1 saturated heterocycles. The molecule has 0 aliphatic carbocycles. The third-order valence-electron chi connectivity index (χ3n) is 6.58. The molecule has 0 atom stereocenters. The number of aryl methyl sites for hydroxylation is 1. The number of rotatable bonds is 8. The fraction of sp³-hybridized carbons (Fsp3) is 0.276. The van der Waals surface area contributed by atoms with Gasteiger partial charge in [-0.2, -0.15) is 0 Å². The zero-order chi connectivity index (χ0) is 25.9. The van der Waals surface area contributed by atoms with Crippen LogP contribution in [0, 0.1) is 12.7 Å². The Kier molecular flexibility index (Phi) is 7.53. The Bertz CT molecular complexity index is 1470. The predicted molar refractivity (Wildman–Crippen MR) is 146 cm³/mol. The highest BCUT2D eigenvalue weighted by molar-refractivity contribution is 7.13. The highest BCUT2D eigenvalue weighted by Gasteiger charge is 2.23. The Morgan fingerprint density at radius 3 is 2.76 bits per heavy atom. The van der Waals surface area contributed by atoms with E-state index in [2.05, 4.69) is 0 Å². The minimum Gasteiger partial charge on any atom is -0.343 e. The van der Waals surface area contributed by atoms with Crippen LogP contribution >= 0.6 is 22.9 Å². The first-order chi connectivity index (χ1) is 17.9. The van der Waals surface area contributed by atoms with Gasteiger partial charge < -0.3 is 9.80 Å². The molecule has 2 aromatic heterocycles. The van der Waals surface area contributed by atoms with Gasteiger partial charge in [0.1, 0.15) is 5.82 Å². The molecule has 37 heavy (non-hydrogen) atoms. The lowest BCUT2D eigenvalue weighted by atomic mass is 10.0. The lowest BCUT2D eigenvalue weighted by Gasteiger charge is -2.25. The highest BCUT2D eigenvalue weighted by Crippen LogP contribution is 2.30. The molecule has 3 heterocycles. The Labute approximate surface area is 224 Å². The second-order valence-corrected chi connectivity index (χ2v) is 11.0. The molecular formula is C29H27ClFN3O2S. The largest absolute Gasteiger partial charge is 0.343 e. The SMILES string of the molecule is Cc1ccc(C(=O)N(CCCN2CCCC2=O)Cc2cc3ccc(F)cc3nc2-c2cccc(Cl)c2)s1. The third-order valence-corrected chi connectivity index (χ3v) is 7.81. The molecule has 5 rings (SSSR count). The van der Waals surface area contributed by atoms with Crippen molar-refractivity contribution in [3.05, 3.63) is 86.8 Å². The van der Waals surface area contributed by atoms with Gasteiger partial charge >= 0.3 is 0 Å². The number of aromatic nitrogens is 1. The fourth-order valence-corrected chi connectivity index (χ4v) is 5.77. The van der Waals surface area contributed by atoms with Crippen molar-refractivity contribution in [2.24, 2.45) is 0 Å². The van der Waals surface area contributed by atoms with Crippen molar-refractivity contribution < 1.29 is 14.0 Å². The number of hydrogen-bond acceptors (Lipinski definition) is 4. The molecule has 1 aliphatic heterocycles. The molecule has 1 fully saturated rings. The van der Waals surface area contributed by atoms with Crippen LogP contribution in [0.3, 0.4) is 0 Å². The number of pyridine rings is 1. The zero-order valence-corrected chi connectivity index (χ0v) is 22.1. The van der Waals surface area contributed by atoms with Gasteiger partial charge in [0.15, 0.2) is 0 Å². The summed E-state index contributed by atoms with van der Waals surface area (Å²) in [5, 5.41) is 1.37. The topological polar surface area (TPSA) is 53.5 Å². The van der Waals surface area contributed by atoms with Gasteiger partial charge in [-0.3, -0.25) is 9.59 Å². The number of amides is 2. The summed E-state index contributed by atoms with van der Waals surface area (Å²) in [7, 11) is 0. The lowest BCUT2D eigenvalue weighted by Crippen LogP contribution is -2.34. The monoisotopic (exact) mass is 535 g/mol. The number of thiophene rings is 1. The summed E-state index contributed by atoms with van der Waals surface area (Å²) < 4.78 is 14.0. The second-order valence-electron chi connectivity index (χ2n) is 9.32. The molecule has 0 saturated carbocycles. The van der Waals surface area contributed by atoms with E-state index in [1.165, 1.54) is 23.5 Å². The van der Waals surface area contributed by atoms with Gasteiger partial charge in [-0.15, -0.1) is 11.3 Å². The van der Waals surface area contributed by atoms with Crippen LogP contribution in [-0.2, 0) is 11.3 Å². The van der Waals surface area contributed by atoms with Crippen LogP contribution in [0.1, 0.15) is 39.4 Å². The van der Waals surface area contributed by atoms with Crippen molar-refractivity contribution >= 4 is 45.7 Å². The molecule has 0 spiro atoms. The highest BCUT2D eigenvalue weighted by atomic mass is 35.5. The van der Waals surface area contributed by atoms with E-state index in [-0.39, 0.29) is 17.6 Å².